The van der Waals surface area contributed by atoms with Crippen molar-refractivity contribution in [1.29, 1.82) is 0 Å². The summed E-state index contributed by atoms with van der Waals surface area (Å²) in [5, 5.41) is 0. The number of guanidine groups is 1. The van der Waals surface area contributed by atoms with Gasteiger partial charge in [-0.15, -0.1) is 0 Å². The predicted octanol–water partition coefficient (Wildman–Crippen LogP) is 2.36. The molecule has 1 atom stereocenters. The second kappa shape index (κ2) is 5.99. The fraction of sp³-hybridized carbons (Fsp3) is 0.917. The van der Waals surface area contributed by atoms with E-state index < -0.39 is 0 Å². The molecule has 2 N–H and O–H groups in total. The molecule has 0 heterocycles. The molecular formula is C12H25N3. The molecule has 0 saturated heterocycles. The minimum Gasteiger partial charge on any atom is -0.370 e. The normalized spacial score (nSPS) is 20.6. The van der Waals surface area contributed by atoms with Crippen LogP contribution < -0.4 is 5.73 Å². The van der Waals surface area contributed by atoms with Crippen LogP contribution in [0.5, 0.6) is 0 Å². The van der Waals surface area contributed by atoms with E-state index in [4.69, 9.17) is 5.73 Å². The maximum atomic E-state index is 6.06. The summed E-state index contributed by atoms with van der Waals surface area (Å²) in [6.45, 7) is 7.50. The van der Waals surface area contributed by atoms with Crippen molar-refractivity contribution >= 4 is 5.96 Å². The van der Waals surface area contributed by atoms with E-state index in [0.717, 1.165) is 18.9 Å². The van der Waals surface area contributed by atoms with Gasteiger partial charge in [0, 0.05) is 12.6 Å². The molecule has 0 radical (unpaired) electrons. The smallest absolute Gasteiger partial charge is 0.191 e. The van der Waals surface area contributed by atoms with Crippen LogP contribution in [0.2, 0.25) is 0 Å². The molecule has 1 aliphatic carbocycles. The minimum atomic E-state index is 0.489. The molecule has 1 fully saturated rings. The molecule has 0 aromatic heterocycles. The Kier molecular flexibility index (Phi) is 4.92. The van der Waals surface area contributed by atoms with Gasteiger partial charge in [0.15, 0.2) is 5.96 Å². The van der Waals surface area contributed by atoms with E-state index in [-0.39, 0.29) is 0 Å². The third-order valence-electron chi connectivity index (χ3n) is 3.40. The maximum Gasteiger partial charge on any atom is 0.191 e. The summed E-state index contributed by atoms with van der Waals surface area (Å²) in [6.07, 6.45) is 6.19. The highest BCUT2D eigenvalue weighted by Crippen LogP contribution is 2.21. The van der Waals surface area contributed by atoms with Crippen LogP contribution in [0.25, 0.3) is 0 Å². The second-order valence-electron chi connectivity index (χ2n) is 4.47. The van der Waals surface area contributed by atoms with Gasteiger partial charge in [0.1, 0.15) is 0 Å². The summed E-state index contributed by atoms with van der Waals surface area (Å²) in [7, 11) is 0. The van der Waals surface area contributed by atoms with Gasteiger partial charge in [-0.2, -0.15) is 0 Å². The molecule has 15 heavy (non-hydrogen) atoms. The van der Waals surface area contributed by atoms with Crippen molar-refractivity contribution < 1.29 is 0 Å². The van der Waals surface area contributed by atoms with Crippen molar-refractivity contribution in [2.24, 2.45) is 10.7 Å². The number of rotatable bonds is 4. The Balaban J connectivity index is 2.57. The second-order valence-corrected chi connectivity index (χ2v) is 4.47. The SMILES string of the molecule is CCC(C)N(CC)C(N)=NC1CCCC1. The number of nitrogens with two attached hydrogens (primary N) is 1. The first-order chi connectivity index (χ1) is 7.19. The molecule has 0 aliphatic heterocycles. The zero-order valence-corrected chi connectivity index (χ0v) is 10.4. The Morgan fingerprint density at radius 1 is 1.40 bits per heavy atom. The lowest BCUT2D eigenvalue weighted by molar-refractivity contribution is 0.331. The average Bonchev–Trinajstić information content (AvgIpc) is 2.71. The fourth-order valence-electron chi connectivity index (χ4n) is 2.21. The molecule has 3 heteroatoms. The van der Waals surface area contributed by atoms with E-state index in [1.165, 1.54) is 25.7 Å². The van der Waals surface area contributed by atoms with Gasteiger partial charge in [0.2, 0.25) is 0 Å². The summed E-state index contributed by atoms with van der Waals surface area (Å²) in [6, 6.07) is 0.989. The molecular weight excluding hydrogens is 186 g/mol. The number of hydrogen-bond donors (Lipinski definition) is 1. The Hall–Kier alpha value is -0.730. The summed E-state index contributed by atoms with van der Waals surface area (Å²) in [5.41, 5.74) is 6.06. The Labute approximate surface area is 93.7 Å². The van der Waals surface area contributed by atoms with Gasteiger partial charge in [0.05, 0.1) is 6.04 Å². The largest absolute Gasteiger partial charge is 0.370 e. The molecule has 3 nitrogen and oxygen atoms in total. The van der Waals surface area contributed by atoms with Gasteiger partial charge in [-0.3, -0.25) is 0 Å². The van der Waals surface area contributed by atoms with E-state index in [0.29, 0.717) is 12.1 Å². The standard InChI is InChI=1S/C12H25N3/c1-4-10(3)15(5-2)12(13)14-11-8-6-7-9-11/h10-11H,4-9H2,1-3H3,(H2,13,14). The molecule has 1 unspecified atom stereocenters. The maximum absolute atomic E-state index is 6.06. The van der Waals surface area contributed by atoms with E-state index >= 15 is 0 Å². The van der Waals surface area contributed by atoms with Crippen molar-refractivity contribution in [3.8, 4) is 0 Å². The zero-order chi connectivity index (χ0) is 11.3. The highest BCUT2D eigenvalue weighted by atomic mass is 15.3. The third-order valence-corrected chi connectivity index (χ3v) is 3.40. The lowest BCUT2D eigenvalue weighted by Gasteiger charge is -2.28. The van der Waals surface area contributed by atoms with Crippen LogP contribution in [0.15, 0.2) is 4.99 Å². The molecule has 88 valence electrons. The van der Waals surface area contributed by atoms with Crippen LogP contribution in [0.4, 0.5) is 0 Å². The van der Waals surface area contributed by atoms with Crippen LogP contribution in [-0.4, -0.2) is 29.5 Å². The molecule has 0 spiro atoms. The Morgan fingerprint density at radius 2 is 2.00 bits per heavy atom. The minimum absolute atomic E-state index is 0.489. The van der Waals surface area contributed by atoms with E-state index in [2.05, 4.69) is 30.7 Å². The van der Waals surface area contributed by atoms with E-state index in [1.807, 2.05) is 0 Å². The summed E-state index contributed by atoms with van der Waals surface area (Å²) in [4.78, 5) is 6.84. The lowest BCUT2D eigenvalue weighted by atomic mass is 10.2. The van der Waals surface area contributed by atoms with Crippen LogP contribution in [-0.2, 0) is 0 Å². The van der Waals surface area contributed by atoms with Gasteiger partial charge < -0.3 is 10.6 Å². The molecule has 1 rings (SSSR count). The Morgan fingerprint density at radius 3 is 2.47 bits per heavy atom. The van der Waals surface area contributed by atoms with Crippen LogP contribution in [0.3, 0.4) is 0 Å². The first-order valence-electron chi connectivity index (χ1n) is 6.28. The highest BCUT2D eigenvalue weighted by Gasteiger charge is 2.17. The first kappa shape index (κ1) is 12.3. The molecule has 1 saturated carbocycles. The molecule has 0 bridgehead atoms. The molecule has 1 aliphatic rings. The fourth-order valence-corrected chi connectivity index (χ4v) is 2.21. The molecule has 0 aromatic rings. The van der Waals surface area contributed by atoms with E-state index in [9.17, 15) is 0 Å². The third kappa shape index (κ3) is 3.40. The molecule has 0 aromatic carbocycles. The number of hydrogen-bond acceptors (Lipinski definition) is 1. The van der Waals surface area contributed by atoms with Gasteiger partial charge in [0.25, 0.3) is 0 Å². The predicted molar refractivity (Wildman–Crippen MR) is 66.0 cm³/mol. The van der Waals surface area contributed by atoms with Gasteiger partial charge in [-0.1, -0.05) is 19.8 Å². The zero-order valence-electron chi connectivity index (χ0n) is 10.4. The molecule has 0 amide bonds. The van der Waals surface area contributed by atoms with Crippen molar-refractivity contribution in [3.63, 3.8) is 0 Å². The first-order valence-corrected chi connectivity index (χ1v) is 6.28. The van der Waals surface area contributed by atoms with Crippen molar-refractivity contribution in [1.82, 2.24) is 4.90 Å². The van der Waals surface area contributed by atoms with Crippen molar-refractivity contribution in [2.45, 2.75) is 65.0 Å². The van der Waals surface area contributed by atoms with Gasteiger partial charge in [-0.25, -0.2) is 4.99 Å². The van der Waals surface area contributed by atoms with Crippen LogP contribution in [0.1, 0.15) is 52.9 Å². The summed E-state index contributed by atoms with van der Waals surface area (Å²) < 4.78 is 0. The Bertz CT molecular complexity index is 207. The monoisotopic (exact) mass is 211 g/mol. The van der Waals surface area contributed by atoms with Gasteiger partial charge in [-0.05, 0) is 33.1 Å². The van der Waals surface area contributed by atoms with Crippen LogP contribution >= 0.6 is 0 Å². The number of nitrogens with zero attached hydrogens (tertiary/aromatic N) is 2. The summed E-state index contributed by atoms with van der Waals surface area (Å²) >= 11 is 0. The number of aliphatic imine (C=N–C) groups is 1. The van der Waals surface area contributed by atoms with Crippen molar-refractivity contribution in [3.05, 3.63) is 0 Å². The lowest BCUT2D eigenvalue weighted by Crippen LogP contribution is -2.43. The quantitative estimate of drug-likeness (QED) is 0.573. The van der Waals surface area contributed by atoms with Gasteiger partial charge >= 0.3 is 0 Å². The van der Waals surface area contributed by atoms with Crippen LogP contribution in [0, 0.1) is 0 Å². The van der Waals surface area contributed by atoms with E-state index in [1.54, 1.807) is 0 Å². The average molecular weight is 211 g/mol. The summed E-state index contributed by atoms with van der Waals surface area (Å²) in [5.74, 6) is 0.749. The topological polar surface area (TPSA) is 41.6 Å². The highest BCUT2D eigenvalue weighted by molar-refractivity contribution is 5.78. The van der Waals surface area contributed by atoms with Crippen molar-refractivity contribution in [2.75, 3.05) is 6.54 Å².